The number of carboxylic acid groups (broad SMARTS) is 1. The van der Waals surface area contributed by atoms with E-state index in [1.165, 1.54) is 36.4 Å². The SMILES string of the molecule is CC1Oc2ccc(S(=O)(=O)Nc3ccc(Br)cc3C(=O)O)cc2NC1=O. The number of carboxylic acids is 1. The molecule has 0 radical (unpaired) electrons. The van der Waals surface area contributed by atoms with Crippen LogP contribution in [0.1, 0.15) is 17.3 Å². The molecular weight excluding hydrogens is 428 g/mol. The molecule has 26 heavy (non-hydrogen) atoms. The van der Waals surface area contributed by atoms with Gasteiger partial charge in [0.2, 0.25) is 0 Å². The minimum absolute atomic E-state index is 0.0765. The second-order valence-corrected chi connectivity index (χ2v) is 8.11. The lowest BCUT2D eigenvalue weighted by molar-refractivity contribution is -0.122. The molecule has 10 heteroatoms. The third-order valence-electron chi connectivity index (χ3n) is 3.65. The second kappa shape index (κ2) is 6.61. The average molecular weight is 441 g/mol. The molecule has 0 aliphatic carbocycles. The zero-order chi connectivity index (χ0) is 19.1. The predicted octanol–water partition coefficient (Wildman–Crippen LogP) is 2.67. The summed E-state index contributed by atoms with van der Waals surface area (Å²) in [4.78, 5) is 22.9. The number of benzene rings is 2. The third kappa shape index (κ3) is 3.51. The second-order valence-electron chi connectivity index (χ2n) is 5.51. The van der Waals surface area contributed by atoms with Gasteiger partial charge in [-0.3, -0.25) is 9.52 Å². The van der Waals surface area contributed by atoms with Crippen LogP contribution in [0.4, 0.5) is 11.4 Å². The summed E-state index contributed by atoms with van der Waals surface area (Å²) in [5.74, 6) is -1.31. The summed E-state index contributed by atoms with van der Waals surface area (Å²) in [6.07, 6.45) is -0.677. The number of sulfonamides is 1. The van der Waals surface area contributed by atoms with Crippen LogP contribution in [0.3, 0.4) is 0 Å². The maximum atomic E-state index is 12.6. The molecule has 1 heterocycles. The average Bonchev–Trinajstić information content (AvgIpc) is 2.56. The van der Waals surface area contributed by atoms with Crippen molar-refractivity contribution >= 4 is 49.2 Å². The highest BCUT2D eigenvalue weighted by atomic mass is 79.9. The van der Waals surface area contributed by atoms with Crippen LogP contribution < -0.4 is 14.8 Å². The van der Waals surface area contributed by atoms with E-state index >= 15 is 0 Å². The van der Waals surface area contributed by atoms with Gasteiger partial charge in [0.15, 0.2) is 6.10 Å². The Morgan fingerprint density at radius 3 is 2.69 bits per heavy atom. The summed E-state index contributed by atoms with van der Waals surface area (Å²) in [5, 5.41) is 11.8. The van der Waals surface area contributed by atoms with Crippen LogP contribution >= 0.6 is 15.9 Å². The van der Waals surface area contributed by atoms with Gasteiger partial charge in [0.05, 0.1) is 21.8 Å². The van der Waals surface area contributed by atoms with E-state index in [1.807, 2.05) is 0 Å². The largest absolute Gasteiger partial charge is 0.479 e. The molecule has 1 amide bonds. The van der Waals surface area contributed by atoms with Crippen LogP contribution in [0.25, 0.3) is 0 Å². The molecule has 3 rings (SSSR count). The van der Waals surface area contributed by atoms with Gasteiger partial charge in [0, 0.05) is 4.47 Å². The van der Waals surface area contributed by atoms with Crippen LogP contribution in [0, 0.1) is 0 Å². The molecule has 0 fully saturated rings. The molecule has 136 valence electrons. The zero-order valence-electron chi connectivity index (χ0n) is 13.3. The van der Waals surface area contributed by atoms with Gasteiger partial charge in [0.1, 0.15) is 5.75 Å². The lowest BCUT2D eigenvalue weighted by Gasteiger charge is -2.23. The number of amides is 1. The van der Waals surface area contributed by atoms with Crippen LogP contribution in [-0.2, 0) is 14.8 Å². The molecule has 0 aromatic heterocycles. The maximum Gasteiger partial charge on any atom is 0.337 e. The smallest absolute Gasteiger partial charge is 0.337 e. The predicted molar refractivity (Wildman–Crippen MR) is 97.1 cm³/mol. The first-order valence-electron chi connectivity index (χ1n) is 7.34. The van der Waals surface area contributed by atoms with Crippen LogP contribution in [-0.4, -0.2) is 31.5 Å². The quantitative estimate of drug-likeness (QED) is 0.671. The van der Waals surface area contributed by atoms with Gasteiger partial charge in [-0.15, -0.1) is 0 Å². The Morgan fingerprint density at radius 2 is 2.00 bits per heavy atom. The first-order valence-corrected chi connectivity index (χ1v) is 9.62. The minimum atomic E-state index is -4.08. The number of carbonyl (C=O) groups excluding carboxylic acids is 1. The Bertz CT molecular complexity index is 1020. The van der Waals surface area contributed by atoms with Crippen molar-refractivity contribution in [3.05, 3.63) is 46.4 Å². The van der Waals surface area contributed by atoms with E-state index in [0.717, 1.165) is 0 Å². The van der Waals surface area contributed by atoms with Gasteiger partial charge >= 0.3 is 5.97 Å². The Labute approximate surface area is 157 Å². The van der Waals surface area contributed by atoms with Crippen molar-refractivity contribution in [2.24, 2.45) is 0 Å². The Hall–Kier alpha value is -2.59. The van der Waals surface area contributed by atoms with Crippen molar-refractivity contribution in [2.45, 2.75) is 17.9 Å². The molecule has 3 N–H and O–H groups in total. The van der Waals surface area contributed by atoms with Gasteiger partial charge in [-0.2, -0.15) is 0 Å². The molecular formula is C16H13BrN2O6S. The maximum absolute atomic E-state index is 12.6. The number of hydrogen-bond acceptors (Lipinski definition) is 5. The lowest BCUT2D eigenvalue weighted by atomic mass is 10.2. The van der Waals surface area contributed by atoms with Gasteiger partial charge in [-0.1, -0.05) is 15.9 Å². The van der Waals surface area contributed by atoms with Crippen LogP contribution in [0.5, 0.6) is 5.75 Å². The van der Waals surface area contributed by atoms with Crippen molar-refractivity contribution in [1.82, 2.24) is 0 Å². The van der Waals surface area contributed by atoms with E-state index in [4.69, 9.17) is 4.74 Å². The van der Waals surface area contributed by atoms with Gasteiger partial charge in [-0.25, -0.2) is 13.2 Å². The standard InChI is InChI=1S/C16H13BrN2O6S/c1-8-15(20)18-13-7-10(3-5-14(13)25-8)26(23,24)19-12-4-2-9(17)6-11(12)16(21)22/h2-8,19H,1H3,(H,18,20)(H,21,22). The van der Waals surface area contributed by atoms with Crippen LogP contribution in [0.15, 0.2) is 45.8 Å². The molecule has 8 nitrogen and oxygen atoms in total. The minimum Gasteiger partial charge on any atom is -0.479 e. The van der Waals surface area contributed by atoms with E-state index in [-0.39, 0.29) is 27.7 Å². The zero-order valence-corrected chi connectivity index (χ0v) is 15.7. The van der Waals surface area contributed by atoms with E-state index in [9.17, 15) is 23.1 Å². The number of fused-ring (bicyclic) bond motifs is 1. The van der Waals surface area contributed by atoms with Crippen LogP contribution in [0.2, 0.25) is 0 Å². The summed E-state index contributed by atoms with van der Waals surface area (Å²) in [6, 6.07) is 8.15. The Kier molecular flexibility index (Phi) is 4.63. The number of anilines is 2. The fourth-order valence-electron chi connectivity index (χ4n) is 2.34. The fourth-order valence-corrected chi connectivity index (χ4v) is 3.81. The first kappa shape index (κ1) is 18.2. The molecule has 0 saturated carbocycles. The van der Waals surface area contributed by atoms with Crippen molar-refractivity contribution < 1.29 is 27.9 Å². The lowest BCUT2D eigenvalue weighted by Crippen LogP contribution is -2.34. The Balaban J connectivity index is 1.96. The van der Waals surface area contributed by atoms with Gasteiger partial charge in [0.25, 0.3) is 15.9 Å². The number of rotatable bonds is 4. The molecule has 1 aliphatic heterocycles. The summed E-state index contributed by atoms with van der Waals surface area (Å²) >= 11 is 3.15. The topological polar surface area (TPSA) is 122 Å². The highest BCUT2D eigenvalue weighted by Crippen LogP contribution is 2.32. The van der Waals surface area contributed by atoms with E-state index in [1.54, 1.807) is 6.92 Å². The third-order valence-corrected chi connectivity index (χ3v) is 5.50. The number of hydrogen-bond donors (Lipinski definition) is 3. The highest BCUT2D eigenvalue weighted by Gasteiger charge is 2.26. The number of halogens is 1. The summed E-state index contributed by atoms with van der Waals surface area (Å²) in [5.41, 5.74) is -0.0519. The van der Waals surface area contributed by atoms with Gasteiger partial charge in [-0.05, 0) is 43.3 Å². The molecule has 0 spiro atoms. The van der Waals surface area contributed by atoms with Crippen molar-refractivity contribution in [2.75, 3.05) is 10.0 Å². The molecule has 1 atom stereocenters. The monoisotopic (exact) mass is 440 g/mol. The normalized spacial score (nSPS) is 16.2. The van der Waals surface area contributed by atoms with E-state index in [2.05, 4.69) is 26.0 Å². The number of ether oxygens (including phenoxy) is 1. The van der Waals surface area contributed by atoms with Crippen molar-refractivity contribution in [3.63, 3.8) is 0 Å². The summed E-state index contributed by atoms with van der Waals surface area (Å²) in [7, 11) is -4.08. The molecule has 1 unspecified atom stereocenters. The number of nitrogens with one attached hydrogen (secondary N) is 2. The number of aromatic carboxylic acids is 1. The van der Waals surface area contributed by atoms with Crippen molar-refractivity contribution in [3.8, 4) is 5.75 Å². The Morgan fingerprint density at radius 1 is 1.27 bits per heavy atom. The molecule has 0 bridgehead atoms. The molecule has 2 aromatic rings. The van der Waals surface area contributed by atoms with E-state index < -0.39 is 22.1 Å². The molecule has 0 saturated heterocycles. The first-order chi connectivity index (χ1) is 12.2. The highest BCUT2D eigenvalue weighted by molar-refractivity contribution is 9.10. The van der Waals surface area contributed by atoms with E-state index in [0.29, 0.717) is 10.2 Å². The van der Waals surface area contributed by atoms with Crippen molar-refractivity contribution in [1.29, 1.82) is 0 Å². The summed E-state index contributed by atoms with van der Waals surface area (Å²) in [6.45, 7) is 1.57. The van der Waals surface area contributed by atoms with Gasteiger partial charge < -0.3 is 15.2 Å². The molecule has 2 aromatic carbocycles. The molecule has 1 aliphatic rings. The number of carbonyl (C=O) groups is 2. The fraction of sp³-hybridized carbons (Fsp3) is 0.125. The summed E-state index contributed by atoms with van der Waals surface area (Å²) < 4.78 is 33.4.